The van der Waals surface area contributed by atoms with E-state index >= 15 is 0 Å². The molecule has 1 aliphatic carbocycles. The van der Waals surface area contributed by atoms with Crippen LogP contribution in [0.4, 0.5) is 13.2 Å². The average molecular weight is 288 g/mol. The van der Waals surface area contributed by atoms with E-state index in [-0.39, 0.29) is 6.54 Å². The van der Waals surface area contributed by atoms with Gasteiger partial charge in [0.25, 0.3) is 5.56 Å². The van der Waals surface area contributed by atoms with E-state index in [2.05, 4.69) is 5.32 Å². The molecule has 1 aliphatic rings. The first-order valence-corrected chi connectivity index (χ1v) is 6.95. The Balaban J connectivity index is 1.86. The number of nitrogens with one attached hydrogen (secondary N) is 1. The van der Waals surface area contributed by atoms with Gasteiger partial charge in [-0.15, -0.1) is 0 Å². The first-order valence-electron chi connectivity index (χ1n) is 6.95. The van der Waals surface area contributed by atoms with Gasteiger partial charge in [-0.1, -0.05) is 12.8 Å². The van der Waals surface area contributed by atoms with Gasteiger partial charge in [-0.25, -0.2) is 0 Å². The zero-order valence-corrected chi connectivity index (χ0v) is 11.2. The zero-order chi connectivity index (χ0) is 14.6. The van der Waals surface area contributed by atoms with E-state index in [4.69, 9.17) is 0 Å². The molecule has 0 aliphatic heterocycles. The van der Waals surface area contributed by atoms with Crippen molar-refractivity contribution in [2.24, 2.45) is 5.92 Å². The Kier molecular flexibility index (Phi) is 4.86. The van der Waals surface area contributed by atoms with E-state index in [9.17, 15) is 18.0 Å². The molecule has 1 N–H and O–H groups in total. The lowest BCUT2D eigenvalue weighted by Gasteiger charge is -2.13. The fourth-order valence-electron chi connectivity index (χ4n) is 2.59. The minimum Gasteiger partial charge on any atom is -0.315 e. The Morgan fingerprint density at radius 1 is 1.25 bits per heavy atom. The van der Waals surface area contributed by atoms with Crippen molar-refractivity contribution in [3.05, 3.63) is 34.2 Å². The summed E-state index contributed by atoms with van der Waals surface area (Å²) in [4.78, 5) is 11.5. The first kappa shape index (κ1) is 15.1. The lowest BCUT2D eigenvalue weighted by Crippen LogP contribution is -2.29. The van der Waals surface area contributed by atoms with E-state index in [1.165, 1.54) is 25.7 Å². The van der Waals surface area contributed by atoms with Crippen molar-refractivity contribution in [1.82, 2.24) is 9.88 Å². The highest BCUT2D eigenvalue weighted by Gasteiger charge is 2.30. The molecule has 1 aromatic heterocycles. The standard InChI is InChI=1S/C14H19F3N2O/c15-14(16,17)12-5-6-13(20)19(10-12)8-7-18-9-11-3-1-2-4-11/h5-6,10-11,18H,1-4,7-9H2. The lowest BCUT2D eigenvalue weighted by molar-refractivity contribution is -0.138. The van der Waals surface area contributed by atoms with Gasteiger partial charge < -0.3 is 9.88 Å². The van der Waals surface area contributed by atoms with Crippen molar-refractivity contribution in [2.45, 2.75) is 38.4 Å². The van der Waals surface area contributed by atoms with Gasteiger partial charge in [-0.05, 0) is 31.4 Å². The number of pyridine rings is 1. The molecule has 0 spiro atoms. The van der Waals surface area contributed by atoms with Crippen molar-refractivity contribution in [1.29, 1.82) is 0 Å². The quantitative estimate of drug-likeness (QED) is 0.845. The van der Waals surface area contributed by atoms with Gasteiger partial charge in [0.2, 0.25) is 0 Å². The molecule has 0 amide bonds. The van der Waals surface area contributed by atoms with Crippen LogP contribution in [0.5, 0.6) is 0 Å². The van der Waals surface area contributed by atoms with Gasteiger partial charge in [0.1, 0.15) is 0 Å². The molecule has 112 valence electrons. The molecule has 2 rings (SSSR count). The lowest BCUT2D eigenvalue weighted by atomic mass is 10.1. The number of nitrogens with zero attached hydrogens (tertiary/aromatic N) is 1. The van der Waals surface area contributed by atoms with E-state index in [1.54, 1.807) is 0 Å². The summed E-state index contributed by atoms with van der Waals surface area (Å²) in [6.07, 6.45) is 1.44. The Bertz CT molecular complexity index is 490. The molecule has 0 atom stereocenters. The minimum atomic E-state index is -4.41. The Hall–Kier alpha value is -1.30. The number of hydrogen-bond acceptors (Lipinski definition) is 2. The summed E-state index contributed by atoms with van der Waals surface area (Å²) in [5.74, 6) is 0.674. The van der Waals surface area contributed by atoms with E-state index in [0.717, 1.165) is 29.4 Å². The second-order valence-corrected chi connectivity index (χ2v) is 5.30. The average Bonchev–Trinajstić information content (AvgIpc) is 2.88. The maximum absolute atomic E-state index is 12.6. The van der Waals surface area contributed by atoms with Crippen LogP contribution in [0.25, 0.3) is 0 Å². The minimum absolute atomic E-state index is 0.259. The van der Waals surface area contributed by atoms with Crippen LogP contribution in [0.3, 0.4) is 0 Å². The van der Waals surface area contributed by atoms with Gasteiger partial charge in [0.15, 0.2) is 0 Å². The van der Waals surface area contributed by atoms with Crippen molar-refractivity contribution in [3.8, 4) is 0 Å². The van der Waals surface area contributed by atoms with Gasteiger partial charge in [-0.3, -0.25) is 4.79 Å². The number of alkyl halides is 3. The highest BCUT2D eigenvalue weighted by Crippen LogP contribution is 2.28. The van der Waals surface area contributed by atoms with Crippen LogP contribution in [0.1, 0.15) is 31.2 Å². The van der Waals surface area contributed by atoms with E-state index < -0.39 is 17.3 Å². The highest BCUT2D eigenvalue weighted by molar-refractivity contribution is 5.13. The SMILES string of the molecule is O=c1ccc(C(F)(F)F)cn1CCNCC1CCCC1. The Morgan fingerprint density at radius 3 is 2.60 bits per heavy atom. The van der Waals surface area contributed by atoms with E-state index in [0.29, 0.717) is 12.5 Å². The molecular weight excluding hydrogens is 269 g/mol. The molecule has 0 unspecified atom stereocenters. The van der Waals surface area contributed by atoms with Gasteiger partial charge >= 0.3 is 6.18 Å². The smallest absolute Gasteiger partial charge is 0.315 e. The third-order valence-electron chi connectivity index (χ3n) is 3.75. The summed E-state index contributed by atoms with van der Waals surface area (Å²) >= 11 is 0. The predicted octanol–water partition coefficient (Wildman–Crippen LogP) is 2.65. The summed E-state index contributed by atoms with van der Waals surface area (Å²) < 4.78 is 38.8. The molecule has 1 saturated carbocycles. The first-order chi connectivity index (χ1) is 9.47. The van der Waals surface area contributed by atoms with Crippen LogP contribution in [0.15, 0.2) is 23.1 Å². The van der Waals surface area contributed by atoms with E-state index in [1.807, 2.05) is 0 Å². The summed E-state index contributed by atoms with van der Waals surface area (Å²) in [6.45, 7) is 1.65. The van der Waals surface area contributed by atoms with Crippen LogP contribution in [0.2, 0.25) is 0 Å². The normalized spacial score (nSPS) is 16.8. The van der Waals surface area contributed by atoms with Crippen molar-refractivity contribution < 1.29 is 13.2 Å². The van der Waals surface area contributed by atoms with Crippen molar-refractivity contribution >= 4 is 0 Å². The summed E-state index contributed by atoms with van der Waals surface area (Å²) in [5.41, 5.74) is -1.19. The fourth-order valence-corrected chi connectivity index (χ4v) is 2.59. The van der Waals surface area contributed by atoms with Crippen molar-refractivity contribution in [3.63, 3.8) is 0 Å². The summed E-state index contributed by atoms with van der Waals surface area (Å²) in [7, 11) is 0. The van der Waals surface area contributed by atoms with Gasteiger partial charge in [0, 0.05) is 25.4 Å². The maximum atomic E-state index is 12.6. The predicted molar refractivity (Wildman–Crippen MR) is 70.5 cm³/mol. The van der Waals surface area contributed by atoms with Crippen LogP contribution in [-0.4, -0.2) is 17.7 Å². The number of halogens is 3. The number of hydrogen-bond donors (Lipinski definition) is 1. The Labute approximate surface area is 115 Å². The van der Waals surface area contributed by atoms with Gasteiger partial charge in [-0.2, -0.15) is 13.2 Å². The van der Waals surface area contributed by atoms with Crippen molar-refractivity contribution in [2.75, 3.05) is 13.1 Å². The third kappa shape index (κ3) is 4.10. The Morgan fingerprint density at radius 2 is 1.95 bits per heavy atom. The van der Waals surface area contributed by atoms with Crippen LogP contribution in [0, 0.1) is 5.92 Å². The largest absolute Gasteiger partial charge is 0.417 e. The summed E-state index contributed by atoms with van der Waals surface area (Å²) in [6, 6.07) is 1.80. The van der Waals surface area contributed by atoms with Crippen LogP contribution in [-0.2, 0) is 12.7 Å². The third-order valence-corrected chi connectivity index (χ3v) is 3.75. The molecule has 0 bridgehead atoms. The summed E-state index contributed by atoms with van der Waals surface area (Å²) in [5, 5.41) is 3.22. The number of aromatic nitrogens is 1. The second-order valence-electron chi connectivity index (χ2n) is 5.30. The molecule has 1 fully saturated rings. The number of rotatable bonds is 5. The molecule has 0 radical (unpaired) electrons. The molecule has 6 heteroatoms. The molecule has 1 aromatic rings. The van der Waals surface area contributed by atoms with Crippen LogP contribution >= 0.6 is 0 Å². The molecule has 20 heavy (non-hydrogen) atoms. The molecular formula is C14H19F3N2O. The zero-order valence-electron chi connectivity index (χ0n) is 11.2. The molecule has 1 heterocycles. The van der Waals surface area contributed by atoms with Gasteiger partial charge in [0.05, 0.1) is 5.56 Å². The topological polar surface area (TPSA) is 34.0 Å². The van der Waals surface area contributed by atoms with Crippen LogP contribution < -0.4 is 10.9 Å². The monoisotopic (exact) mass is 288 g/mol. The highest BCUT2D eigenvalue weighted by atomic mass is 19.4. The molecule has 0 saturated heterocycles. The molecule has 3 nitrogen and oxygen atoms in total. The fraction of sp³-hybridized carbons (Fsp3) is 0.643. The molecule has 0 aromatic carbocycles. The maximum Gasteiger partial charge on any atom is 0.417 e. The second kappa shape index (κ2) is 6.43.